The van der Waals surface area contributed by atoms with Crippen molar-refractivity contribution < 1.29 is 19.1 Å². The first-order chi connectivity index (χ1) is 17.5. The van der Waals surface area contributed by atoms with Gasteiger partial charge in [0.15, 0.2) is 5.69 Å². The van der Waals surface area contributed by atoms with E-state index < -0.39 is 5.97 Å². The molecule has 1 aliphatic heterocycles. The second-order valence-electron chi connectivity index (χ2n) is 11.1. The van der Waals surface area contributed by atoms with Gasteiger partial charge in [0.2, 0.25) is 6.08 Å². The summed E-state index contributed by atoms with van der Waals surface area (Å²) in [5.41, 5.74) is 2.39. The number of ether oxygens (including phenoxy) is 1. The molecular weight excluding hydrogens is 494 g/mol. The first-order valence-corrected chi connectivity index (χ1v) is 13.1. The smallest absolute Gasteiger partial charge is 0.359 e. The number of aromatic nitrogens is 2. The number of esters is 1. The van der Waals surface area contributed by atoms with Crippen molar-refractivity contribution in [2.45, 2.75) is 66.0 Å². The Morgan fingerprint density at radius 2 is 1.97 bits per heavy atom. The predicted molar refractivity (Wildman–Crippen MR) is 140 cm³/mol. The molecule has 2 atom stereocenters. The molecular formula is C27H34ClN5O4. The topological polar surface area (TPSA) is 106 Å². The highest BCUT2D eigenvalue weighted by molar-refractivity contribution is 6.30. The van der Waals surface area contributed by atoms with Crippen LogP contribution in [0.4, 0.5) is 4.79 Å². The largest absolute Gasteiger partial charge is 0.461 e. The molecule has 198 valence electrons. The second-order valence-corrected chi connectivity index (χ2v) is 11.6. The first kappa shape index (κ1) is 26.9. The number of aliphatic imine (C=N–C) groups is 1. The highest BCUT2D eigenvalue weighted by Gasteiger charge is 2.42. The molecule has 1 aromatic carbocycles. The number of benzene rings is 1. The van der Waals surface area contributed by atoms with Crippen LogP contribution in [0.15, 0.2) is 29.3 Å². The summed E-state index contributed by atoms with van der Waals surface area (Å²) in [4.78, 5) is 42.6. The third kappa shape index (κ3) is 6.05. The maximum atomic E-state index is 13.3. The SMILES string of the molecule is CCOC(=O)c1nn(-c2ccc(Cl)cc2)c2c1CN(C(=O)NCC1(C)CC(N=C=O)CC(C)(C)C1)CC2. The van der Waals surface area contributed by atoms with Crippen LogP contribution in [0.3, 0.4) is 0 Å². The standard InChI is InChI=1S/C27H34ClN5O4/c1-5-37-24(35)23-21-14-32(11-10-22(21)33(31-23)20-8-6-18(28)7-9-20)25(36)29-16-27(4)13-19(30-17-34)12-26(2,3)15-27/h6-9,19H,5,10-16H2,1-4H3,(H,29,36). The molecule has 0 saturated heterocycles. The van der Waals surface area contributed by atoms with Gasteiger partial charge in [-0.15, -0.1) is 0 Å². The number of isocyanates is 1. The summed E-state index contributed by atoms with van der Waals surface area (Å²) in [6.07, 6.45) is 4.71. The van der Waals surface area contributed by atoms with Crippen molar-refractivity contribution >= 4 is 29.7 Å². The summed E-state index contributed by atoms with van der Waals surface area (Å²) < 4.78 is 7.00. The Kier molecular flexibility index (Phi) is 7.76. The van der Waals surface area contributed by atoms with Gasteiger partial charge in [0, 0.05) is 30.1 Å². The van der Waals surface area contributed by atoms with Crippen LogP contribution in [0.2, 0.25) is 5.02 Å². The molecule has 9 nitrogen and oxygen atoms in total. The lowest BCUT2D eigenvalue weighted by atomic mass is 9.63. The Labute approximate surface area is 222 Å². The number of fused-ring (bicyclic) bond motifs is 1. The molecule has 1 fully saturated rings. The normalized spacial score (nSPS) is 22.5. The van der Waals surface area contributed by atoms with E-state index in [9.17, 15) is 14.4 Å². The van der Waals surface area contributed by atoms with Crippen LogP contribution in [0.5, 0.6) is 0 Å². The Hall–Kier alpha value is -3.16. The predicted octanol–water partition coefficient (Wildman–Crippen LogP) is 4.69. The van der Waals surface area contributed by atoms with E-state index in [1.165, 1.54) is 0 Å². The van der Waals surface area contributed by atoms with Crippen LogP contribution in [0.1, 0.15) is 68.7 Å². The van der Waals surface area contributed by atoms with Crippen molar-refractivity contribution in [1.82, 2.24) is 20.0 Å². The van der Waals surface area contributed by atoms with E-state index in [-0.39, 0.29) is 41.7 Å². The maximum Gasteiger partial charge on any atom is 0.359 e. The Morgan fingerprint density at radius 3 is 2.65 bits per heavy atom. The highest BCUT2D eigenvalue weighted by atomic mass is 35.5. The molecule has 4 rings (SSSR count). The summed E-state index contributed by atoms with van der Waals surface area (Å²) in [7, 11) is 0. The molecule has 2 amide bonds. The second kappa shape index (κ2) is 10.7. The van der Waals surface area contributed by atoms with Crippen molar-refractivity contribution in [3.05, 3.63) is 46.2 Å². The fraction of sp³-hybridized carbons (Fsp3) is 0.556. The number of nitrogens with one attached hydrogen (secondary N) is 1. The number of carbonyl (C=O) groups is 2. The summed E-state index contributed by atoms with van der Waals surface area (Å²) >= 11 is 6.05. The van der Waals surface area contributed by atoms with Crippen molar-refractivity contribution in [3.63, 3.8) is 0 Å². The summed E-state index contributed by atoms with van der Waals surface area (Å²) in [5.74, 6) is -0.507. The number of urea groups is 1. The van der Waals surface area contributed by atoms with Crippen molar-refractivity contribution in [3.8, 4) is 5.69 Å². The molecule has 1 aliphatic carbocycles. The molecule has 0 spiro atoms. The van der Waals surface area contributed by atoms with Gasteiger partial charge < -0.3 is 15.0 Å². The average Bonchev–Trinajstić information content (AvgIpc) is 3.21. The zero-order valence-corrected chi connectivity index (χ0v) is 22.6. The minimum absolute atomic E-state index is 0.00750. The van der Waals surface area contributed by atoms with Gasteiger partial charge in [-0.05, 0) is 61.3 Å². The van der Waals surface area contributed by atoms with Gasteiger partial charge in [-0.2, -0.15) is 5.10 Å². The zero-order chi connectivity index (χ0) is 26.8. The molecule has 0 radical (unpaired) electrons. The summed E-state index contributed by atoms with van der Waals surface area (Å²) in [6.45, 7) is 9.66. The van der Waals surface area contributed by atoms with Crippen LogP contribution in [-0.2, 0) is 22.5 Å². The monoisotopic (exact) mass is 527 g/mol. The van der Waals surface area contributed by atoms with Crippen molar-refractivity contribution in [1.29, 1.82) is 0 Å². The van der Waals surface area contributed by atoms with E-state index >= 15 is 0 Å². The van der Waals surface area contributed by atoms with Gasteiger partial charge in [-0.1, -0.05) is 32.4 Å². The number of hydrogen-bond acceptors (Lipinski definition) is 6. The third-order valence-electron chi connectivity index (χ3n) is 7.21. The fourth-order valence-electron chi connectivity index (χ4n) is 6.03. The molecule has 2 aromatic rings. The molecule has 1 N–H and O–H groups in total. The maximum absolute atomic E-state index is 13.3. The minimum Gasteiger partial charge on any atom is -0.461 e. The lowest BCUT2D eigenvalue weighted by Crippen LogP contribution is -2.49. The Bertz CT molecular complexity index is 1220. The van der Waals surface area contributed by atoms with E-state index in [2.05, 4.69) is 36.2 Å². The van der Waals surface area contributed by atoms with E-state index in [1.54, 1.807) is 34.7 Å². The molecule has 2 heterocycles. The summed E-state index contributed by atoms with van der Waals surface area (Å²) in [6, 6.07) is 6.95. The molecule has 1 aromatic heterocycles. The van der Waals surface area contributed by atoms with E-state index in [1.807, 2.05) is 12.1 Å². The van der Waals surface area contributed by atoms with Crippen LogP contribution in [0, 0.1) is 10.8 Å². The average molecular weight is 528 g/mol. The van der Waals surface area contributed by atoms with E-state index in [4.69, 9.17) is 16.3 Å². The van der Waals surface area contributed by atoms with Crippen LogP contribution < -0.4 is 5.32 Å². The third-order valence-corrected chi connectivity index (χ3v) is 7.46. The quantitative estimate of drug-likeness (QED) is 0.333. The van der Waals surface area contributed by atoms with Gasteiger partial charge in [0.05, 0.1) is 30.6 Å². The van der Waals surface area contributed by atoms with Gasteiger partial charge in [0.1, 0.15) is 0 Å². The van der Waals surface area contributed by atoms with Gasteiger partial charge >= 0.3 is 12.0 Å². The summed E-state index contributed by atoms with van der Waals surface area (Å²) in [5, 5.41) is 8.29. The number of hydrogen-bond donors (Lipinski definition) is 1. The van der Waals surface area contributed by atoms with Crippen LogP contribution >= 0.6 is 11.6 Å². The molecule has 1 saturated carbocycles. The van der Waals surface area contributed by atoms with Crippen LogP contribution in [0.25, 0.3) is 5.69 Å². The number of nitrogens with zero attached hydrogens (tertiary/aromatic N) is 4. The highest BCUT2D eigenvalue weighted by Crippen LogP contribution is 2.46. The van der Waals surface area contributed by atoms with E-state index in [0.29, 0.717) is 30.1 Å². The van der Waals surface area contributed by atoms with Crippen LogP contribution in [-0.4, -0.2) is 58.5 Å². The molecule has 37 heavy (non-hydrogen) atoms. The van der Waals surface area contributed by atoms with Crippen molar-refractivity contribution in [2.24, 2.45) is 15.8 Å². The van der Waals surface area contributed by atoms with E-state index in [0.717, 1.165) is 30.6 Å². The number of carbonyl (C=O) groups excluding carboxylic acids is 3. The molecule has 2 aliphatic rings. The number of amides is 2. The number of halogens is 1. The lowest BCUT2D eigenvalue weighted by Gasteiger charge is -2.45. The molecule has 2 unspecified atom stereocenters. The number of rotatable bonds is 6. The Balaban J connectivity index is 1.52. The van der Waals surface area contributed by atoms with Gasteiger partial charge in [-0.3, -0.25) is 0 Å². The van der Waals surface area contributed by atoms with Crippen molar-refractivity contribution in [2.75, 3.05) is 19.7 Å². The fourth-order valence-corrected chi connectivity index (χ4v) is 6.16. The van der Waals surface area contributed by atoms with Gasteiger partial charge in [-0.25, -0.2) is 24.1 Å². The molecule has 10 heteroatoms. The zero-order valence-electron chi connectivity index (χ0n) is 21.8. The van der Waals surface area contributed by atoms with Gasteiger partial charge in [0.25, 0.3) is 0 Å². The minimum atomic E-state index is -0.507. The molecule has 0 bridgehead atoms. The lowest BCUT2D eigenvalue weighted by molar-refractivity contribution is 0.0516. The Morgan fingerprint density at radius 1 is 1.24 bits per heavy atom. The first-order valence-electron chi connectivity index (χ1n) is 12.7.